The summed E-state index contributed by atoms with van der Waals surface area (Å²) >= 11 is 7.09. The van der Waals surface area contributed by atoms with Crippen LogP contribution in [0.25, 0.3) is 6.08 Å². The van der Waals surface area contributed by atoms with Crippen LogP contribution in [0.3, 0.4) is 0 Å². The fraction of sp³-hybridized carbons (Fsp3) is 0.273. The van der Waals surface area contributed by atoms with E-state index in [0.29, 0.717) is 5.56 Å². The molecule has 0 radical (unpaired) electrons. The van der Waals surface area contributed by atoms with Crippen LogP contribution in [0, 0.1) is 12.7 Å². The maximum absolute atomic E-state index is 13.9. The Labute approximate surface area is 184 Å². The topological polar surface area (TPSA) is 43.9 Å². The average Bonchev–Trinajstić information content (AvgIpc) is 3.00. The maximum Gasteiger partial charge on any atom is 0.294 e. The molecule has 0 spiro atoms. The second-order valence-electron chi connectivity index (χ2n) is 7.31. The van der Waals surface area contributed by atoms with E-state index in [1.807, 2.05) is 19.1 Å². The number of hydrogen-bond acceptors (Lipinski definition) is 5. The van der Waals surface area contributed by atoms with Crippen LogP contribution < -0.4 is 4.90 Å². The van der Waals surface area contributed by atoms with Crippen LogP contribution >= 0.6 is 23.4 Å². The van der Waals surface area contributed by atoms with Crippen molar-refractivity contribution in [3.63, 3.8) is 0 Å². The third kappa shape index (κ3) is 4.38. The standard InChI is InChI=1S/C22H21ClFN3O2S/c1-15-6-7-17(13-18(15)23)26-10-8-25(9-11-26)14-27-21(28)20(30-22(27)29)12-16-4-2-3-5-19(16)24/h2-7,12-13H,8-11,14H2,1H3/b20-12-. The van der Waals surface area contributed by atoms with E-state index in [0.717, 1.165) is 54.2 Å². The summed E-state index contributed by atoms with van der Waals surface area (Å²) in [6, 6.07) is 12.2. The first kappa shape index (κ1) is 20.9. The Balaban J connectivity index is 1.38. The number of nitrogens with zero attached hydrogens (tertiary/aromatic N) is 3. The van der Waals surface area contributed by atoms with Crippen molar-refractivity contribution in [3.05, 3.63) is 69.3 Å². The quantitative estimate of drug-likeness (QED) is 0.643. The molecule has 0 saturated carbocycles. The van der Waals surface area contributed by atoms with Gasteiger partial charge in [0.15, 0.2) is 0 Å². The number of amides is 2. The van der Waals surface area contributed by atoms with Crippen molar-refractivity contribution >= 4 is 46.3 Å². The van der Waals surface area contributed by atoms with Gasteiger partial charge in [-0.25, -0.2) is 4.39 Å². The molecule has 5 nitrogen and oxygen atoms in total. The molecule has 2 aliphatic heterocycles. The highest BCUT2D eigenvalue weighted by Gasteiger charge is 2.36. The van der Waals surface area contributed by atoms with Crippen LogP contribution in [0.1, 0.15) is 11.1 Å². The minimum absolute atomic E-state index is 0.238. The van der Waals surface area contributed by atoms with Crippen LogP contribution in [0.2, 0.25) is 5.02 Å². The van der Waals surface area contributed by atoms with Crippen LogP contribution in [-0.2, 0) is 4.79 Å². The van der Waals surface area contributed by atoms with Gasteiger partial charge < -0.3 is 4.90 Å². The van der Waals surface area contributed by atoms with Crippen molar-refractivity contribution in [2.75, 3.05) is 37.7 Å². The first-order valence-electron chi connectivity index (χ1n) is 9.66. The van der Waals surface area contributed by atoms with Gasteiger partial charge in [0.25, 0.3) is 11.1 Å². The number of thioether (sulfide) groups is 1. The van der Waals surface area contributed by atoms with E-state index in [1.165, 1.54) is 17.0 Å². The Morgan fingerprint density at radius 3 is 2.53 bits per heavy atom. The number of carbonyl (C=O) groups excluding carboxylic acids is 2. The van der Waals surface area contributed by atoms with E-state index in [2.05, 4.69) is 15.9 Å². The molecule has 0 bridgehead atoms. The first-order chi connectivity index (χ1) is 14.4. The molecule has 30 heavy (non-hydrogen) atoms. The van der Waals surface area contributed by atoms with Gasteiger partial charge in [0.1, 0.15) is 5.82 Å². The van der Waals surface area contributed by atoms with Crippen molar-refractivity contribution in [1.29, 1.82) is 0 Å². The lowest BCUT2D eigenvalue weighted by molar-refractivity contribution is -0.124. The molecule has 8 heteroatoms. The monoisotopic (exact) mass is 445 g/mol. The predicted octanol–water partition coefficient (Wildman–Crippen LogP) is 4.60. The number of piperazine rings is 1. The summed E-state index contributed by atoms with van der Waals surface area (Å²) in [5, 5.41) is 0.421. The third-order valence-corrected chi connectivity index (χ3v) is 6.61. The Morgan fingerprint density at radius 2 is 1.83 bits per heavy atom. The molecule has 2 aromatic carbocycles. The third-order valence-electron chi connectivity index (χ3n) is 5.30. The lowest BCUT2D eigenvalue weighted by Gasteiger charge is -2.37. The Bertz CT molecular complexity index is 1020. The van der Waals surface area contributed by atoms with Crippen LogP contribution in [0.4, 0.5) is 14.9 Å². The van der Waals surface area contributed by atoms with Gasteiger partial charge >= 0.3 is 0 Å². The molecule has 2 saturated heterocycles. The van der Waals surface area contributed by atoms with E-state index < -0.39 is 5.82 Å². The normalized spacial score (nSPS) is 19.2. The minimum Gasteiger partial charge on any atom is -0.369 e. The highest BCUT2D eigenvalue weighted by Crippen LogP contribution is 2.33. The maximum atomic E-state index is 13.9. The number of rotatable bonds is 4. The van der Waals surface area contributed by atoms with Crippen molar-refractivity contribution in [2.24, 2.45) is 0 Å². The Morgan fingerprint density at radius 1 is 1.10 bits per heavy atom. The van der Waals surface area contributed by atoms with Gasteiger partial charge in [0.2, 0.25) is 0 Å². The zero-order chi connectivity index (χ0) is 21.3. The number of imide groups is 1. The molecule has 2 aromatic rings. The lowest BCUT2D eigenvalue weighted by atomic mass is 10.2. The van der Waals surface area contributed by atoms with Crippen molar-refractivity contribution in [2.45, 2.75) is 6.92 Å². The smallest absolute Gasteiger partial charge is 0.294 e. The Hall–Kier alpha value is -2.35. The Kier molecular flexibility index (Phi) is 6.13. The summed E-state index contributed by atoms with van der Waals surface area (Å²) in [5.74, 6) is -0.794. The molecule has 0 N–H and O–H groups in total. The van der Waals surface area contributed by atoms with E-state index in [9.17, 15) is 14.0 Å². The number of anilines is 1. The number of benzene rings is 2. The molecule has 2 fully saturated rings. The van der Waals surface area contributed by atoms with Crippen LogP contribution in [0.15, 0.2) is 47.4 Å². The first-order valence-corrected chi connectivity index (χ1v) is 10.8. The fourth-order valence-electron chi connectivity index (χ4n) is 3.48. The SMILES string of the molecule is Cc1ccc(N2CCN(CN3C(=O)S/C(=C\c4ccccc4F)C3=O)CC2)cc1Cl. The van der Waals surface area contributed by atoms with Crippen molar-refractivity contribution < 1.29 is 14.0 Å². The summed E-state index contributed by atoms with van der Waals surface area (Å²) in [5.41, 5.74) is 2.42. The van der Waals surface area contributed by atoms with Crippen LogP contribution in [-0.4, -0.2) is 53.8 Å². The second-order valence-corrected chi connectivity index (χ2v) is 8.71. The summed E-state index contributed by atoms with van der Waals surface area (Å²) in [7, 11) is 0. The molecule has 0 aromatic heterocycles. The van der Waals surface area contributed by atoms with Gasteiger partial charge in [-0.05, 0) is 48.5 Å². The zero-order valence-corrected chi connectivity index (χ0v) is 18.0. The second kappa shape index (κ2) is 8.79. The van der Waals surface area contributed by atoms with Crippen molar-refractivity contribution in [3.8, 4) is 0 Å². The molecular weight excluding hydrogens is 425 g/mol. The number of hydrogen-bond donors (Lipinski definition) is 0. The van der Waals surface area contributed by atoms with Gasteiger partial charge in [0, 0.05) is 42.5 Å². The highest BCUT2D eigenvalue weighted by atomic mass is 35.5. The summed E-state index contributed by atoms with van der Waals surface area (Å²) < 4.78 is 13.9. The van der Waals surface area contributed by atoms with E-state index in [1.54, 1.807) is 18.2 Å². The van der Waals surface area contributed by atoms with Gasteiger partial charge in [-0.2, -0.15) is 0 Å². The molecule has 2 amide bonds. The summed E-state index contributed by atoms with van der Waals surface area (Å²) in [6.07, 6.45) is 1.44. The zero-order valence-electron chi connectivity index (χ0n) is 16.5. The molecule has 0 aliphatic carbocycles. The predicted molar refractivity (Wildman–Crippen MR) is 119 cm³/mol. The highest BCUT2D eigenvalue weighted by molar-refractivity contribution is 8.18. The van der Waals surface area contributed by atoms with Crippen molar-refractivity contribution in [1.82, 2.24) is 9.80 Å². The molecule has 2 heterocycles. The average molecular weight is 446 g/mol. The molecule has 2 aliphatic rings. The summed E-state index contributed by atoms with van der Waals surface area (Å²) in [4.78, 5) is 30.9. The largest absolute Gasteiger partial charge is 0.369 e. The number of aryl methyl sites for hydroxylation is 1. The lowest BCUT2D eigenvalue weighted by Crippen LogP contribution is -2.50. The molecule has 0 atom stereocenters. The van der Waals surface area contributed by atoms with E-state index >= 15 is 0 Å². The number of carbonyl (C=O) groups is 2. The van der Waals surface area contributed by atoms with Gasteiger partial charge in [-0.1, -0.05) is 35.9 Å². The number of halogens is 2. The molecule has 4 rings (SSSR count). The van der Waals surface area contributed by atoms with E-state index in [-0.39, 0.29) is 22.7 Å². The molecule has 156 valence electrons. The summed E-state index contributed by atoms with van der Waals surface area (Å²) in [6.45, 7) is 5.21. The molecular formula is C22H21ClFN3O2S. The minimum atomic E-state index is -0.420. The fourth-order valence-corrected chi connectivity index (χ4v) is 4.48. The van der Waals surface area contributed by atoms with Crippen LogP contribution in [0.5, 0.6) is 0 Å². The van der Waals surface area contributed by atoms with E-state index in [4.69, 9.17) is 11.6 Å². The van der Waals surface area contributed by atoms with Gasteiger partial charge in [-0.3, -0.25) is 19.4 Å². The van der Waals surface area contributed by atoms with Gasteiger partial charge in [-0.15, -0.1) is 0 Å². The molecule has 0 unspecified atom stereocenters. The van der Waals surface area contributed by atoms with Gasteiger partial charge in [0.05, 0.1) is 11.6 Å².